The molecule has 32 heavy (non-hydrogen) atoms. The van der Waals surface area contributed by atoms with Gasteiger partial charge in [-0.15, -0.1) is 0 Å². The van der Waals surface area contributed by atoms with Crippen LogP contribution in [0.4, 0.5) is 11.4 Å². The van der Waals surface area contributed by atoms with E-state index in [0.717, 1.165) is 41.2 Å². The van der Waals surface area contributed by atoms with Crippen molar-refractivity contribution < 1.29 is 14.3 Å². The van der Waals surface area contributed by atoms with Gasteiger partial charge in [-0.3, -0.25) is 24.3 Å². The monoisotopic (exact) mass is 465 g/mol. The zero-order chi connectivity index (χ0) is 22.4. The van der Waals surface area contributed by atoms with Crippen LogP contribution in [0.2, 0.25) is 0 Å². The van der Waals surface area contributed by atoms with Crippen molar-refractivity contribution in [2.24, 2.45) is 0 Å². The van der Waals surface area contributed by atoms with Crippen molar-refractivity contribution in [2.45, 2.75) is 13.8 Å². The van der Waals surface area contributed by atoms with Crippen LogP contribution < -0.4 is 9.80 Å². The third-order valence-corrected chi connectivity index (χ3v) is 7.33. The summed E-state index contributed by atoms with van der Waals surface area (Å²) in [7, 11) is 0. The van der Waals surface area contributed by atoms with Crippen molar-refractivity contribution in [3.05, 3.63) is 64.1 Å². The zero-order valence-corrected chi connectivity index (χ0v) is 19.6. The SMILES string of the molecule is Cc1ccc(N2C(=O)C(=C3C(=O)N(CN4CCOCC4)c4ccccc43)SC2=S)c(C)c1. The number of nitrogens with zero attached hydrogens (tertiary/aromatic N) is 3. The Morgan fingerprint density at radius 3 is 2.50 bits per heavy atom. The van der Waals surface area contributed by atoms with Crippen LogP contribution in [0.15, 0.2) is 47.4 Å². The van der Waals surface area contributed by atoms with E-state index in [1.807, 2.05) is 56.3 Å². The first kappa shape index (κ1) is 21.3. The Balaban J connectivity index is 1.54. The van der Waals surface area contributed by atoms with Crippen LogP contribution in [-0.2, 0) is 14.3 Å². The van der Waals surface area contributed by atoms with Crippen molar-refractivity contribution in [1.82, 2.24) is 4.90 Å². The number of hydrogen-bond donors (Lipinski definition) is 0. The maximum atomic E-state index is 13.6. The quantitative estimate of drug-likeness (QED) is 0.509. The third kappa shape index (κ3) is 3.57. The number of carbonyl (C=O) groups is 2. The molecule has 8 heteroatoms. The Morgan fingerprint density at radius 2 is 1.75 bits per heavy atom. The van der Waals surface area contributed by atoms with Crippen LogP contribution in [0.3, 0.4) is 0 Å². The number of thiocarbonyl (C=S) groups is 1. The van der Waals surface area contributed by atoms with Crippen LogP contribution in [0.25, 0.3) is 5.57 Å². The first-order valence-electron chi connectivity index (χ1n) is 10.5. The number of amides is 2. The fourth-order valence-electron chi connectivity index (χ4n) is 4.37. The molecule has 0 spiro atoms. The average Bonchev–Trinajstić information content (AvgIpc) is 3.22. The molecule has 2 fully saturated rings. The fourth-order valence-corrected chi connectivity index (χ4v) is 5.72. The Hall–Kier alpha value is -2.52. The molecule has 2 saturated heterocycles. The van der Waals surface area contributed by atoms with E-state index in [-0.39, 0.29) is 11.8 Å². The molecular formula is C24H23N3O3S2. The van der Waals surface area contributed by atoms with E-state index in [0.29, 0.717) is 34.7 Å². The molecule has 2 amide bonds. The molecule has 0 atom stereocenters. The van der Waals surface area contributed by atoms with E-state index in [9.17, 15) is 9.59 Å². The van der Waals surface area contributed by atoms with E-state index < -0.39 is 0 Å². The molecule has 3 aliphatic rings. The van der Waals surface area contributed by atoms with Crippen LogP contribution in [-0.4, -0.2) is 54.0 Å². The molecule has 3 aliphatic heterocycles. The molecule has 0 saturated carbocycles. The third-order valence-electron chi connectivity index (χ3n) is 5.96. The maximum absolute atomic E-state index is 13.6. The molecule has 0 unspecified atom stereocenters. The van der Waals surface area contributed by atoms with Gasteiger partial charge in [0.1, 0.15) is 0 Å². The summed E-state index contributed by atoms with van der Waals surface area (Å²) in [5.74, 6) is -0.392. The van der Waals surface area contributed by atoms with Crippen LogP contribution in [0, 0.1) is 13.8 Å². The highest BCUT2D eigenvalue weighted by molar-refractivity contribution is 8.27. The van der Waals surface area contributed by atoms with Crippen molar-refractivity contribution in [1.29, 1.82) is 0 Å². The molecule has 5 rings (SSSR count). The molecule has 0 aromatic heterocycles. The first-order chi connectivity index (χ1) is 15.5. The highest BCUT2D eigenvalue weighted by Gasteiger charge is 2.43. The van der Waals surface area contributed by atoms with Gasteiger partial charge < -0.3 is 4.74 Å². The molecular weight excluding hydrogens is 442 g/mol. The van der Waals surface area contributed by atoms with Crippen molar-refractivity contribution >= 4 is 57.1 Å². The molecule has 0 aliphatic carbocycles. The summed E-state index contributed by atoms with van der Waals surface area (Å²) >= 11 is 6.80. The van der Waals surface area contributed by atoms with Gasteiger partial charge in [0, 0.05) is 18.7 Å². The largest absolute Gasteiger partial charge is 0.379 e. The van der Waals surface area contributed by atoms with Gasteiger partial charge in [-0.25, -0.2) is 0 Å². The Bertz CT molecular complexity index is 1170. The normalized spacial score (nSPS) is 21.6. The second-order valence-corrected chi connectivity index (χ2v) is 9.77. The number of anilines is 2. The lowest BCUT2D eigenvalue weighted by molar-refractivity contribution is -0.115. The molecule has 2 aromatic rings. The van der Waals surface area contributed by atoms with Crippen molar-refractivity contribution in [3.63, 3.8) is 0 Å². The van der Waals surface area contributed by atoms with E-state index in [4.69, 9.17) is 17.0 Å². The van der Waals surface area contributed by atoms with Gasteiger partial charge in [0.2, 0.25) is 0 Å². The van der Waals surface area contributed by atoms with E-state index in [1.165, 1.54) is 11.8 Å². The van der Waals surface area contributed by atoms with Gasteiger partial charge in [-0.1, -0.05) is 59.9 Å². The van der Waals surface area contributed by atoms with Gasteiger partial charge in [0.15, 0.2) is 4.32 Å². The average molecular weight is 466 g/mol. The minimum atomic E-state index is -0.238. The van der Waals surface area contributed by atoms with Crippen molar-refractivity contribution in [2.75, 3.05) is 42.8 Å². The smallest absolute Gasteiger partial charge is 0.271 e. The van der Waals surface area contributed by atoms with Crippen LogP contribution in [0.1, 0.15) is 16.7 Å². The minimum Gasteiger partial charge on any atom is -0.379 e. The lowest BCUT2D eigenvalue weighted by Gasteiger charge is -2.30. The summed E-state index contributed by atoms with van der Waals surface area (Å²) in [5, 5.41) is 0. The van der Waals surface area contributed by atoms with Gasteiger partial charge in [0.25, 0.3) is 11.8 Å². The Morgan fingerprint density at radius 1 is 1.00 bits per heavy atom. The summed E-state index contributed by atoms with van der Waals surface area (Å²) in [6.07, 6.45) is 0. The standard InChI is InChI=1S/C24H23N3O3S2/c1-15-7-8-18(16(2)13-15)27-23(29)21(32-24(27)31)20-17-5-3-4-6-19(17)26(22(20)28)14-25-9-11-30-12-10-25/h3-8,13H,9-12,14H2,1-2H3. The van der Waals surface area contributed by atoms with Crippen LogP contribution in [0.5, 0.6) is 0 Å². The molecule has 0 radical (unpaired) electrons. The van der Waals surface area contributed by atoms with E-state index in [1.54, 1.807) is 9.80 Å². The zero-order valence-electron chi connectivity index (χ0n) is 18.0. The van der Waals surface area contributed by atoms with E-state index in [2.05, 4.69) is 4.90 Å². The second-order valence-electron chi connectivity index (χ2n) is 8.12. The number of hydrogen-bond acceptors (Lipinski definition) is 6. The number of rotatable bonds is 3. The first-order valence-corrected chi connectivity index (χ1v) is 11.8. The molecule has 2 aromatic carbocycles. The Kier molecular flexibility index (Phi) is 5.63. The lowest BCUT2D eigenvalue weighted by atomic mass is 10.1. The number of ether oxygens (including phenoxy) is 1. The van der Waals surface area contributed by atoms with Gasteiger partial charge in [0.05, 0.1) is 41.7 Å². The number of carbonyl (C=O) groups excluding carboxylic acids is 2. The Labute approximate surface area is 196 Å². The molecule has 3 heterocycles. The number of benzene rings is 2. The second kappa shape index (κ2) is 8.44. The topological polar surface area (TPSA) is 53.1 Å². The number of morpholine rings is 1. The predicted molar refractivity (Wildman–Crippen MR) is 132 cm³/mol. The molecule has 0 N–H and O–H groups in total. The van der Waals surface area contributed by atoms with Gasteiger partial charge in [-0.2, -0.15) is 0 Å². The number of thioether (sulfide) groups is 1. The summed E-state index contributed by atoms with van der Waals surface area (Å²) in [6, 6.07) is 13.6. The van der Waals surface area contributed by atoms with Crippen molar-refractivity contribution in [3.8, 4) is 0 Å². The highest BCUT2D eigenvalue weighted by Crippen LogP contribution is 2.46. The fraction of sp³-hybridized carbons (Fsp3) is 0.292. The summed E-state index contributed by atoms with van der Waals surface area (Å²) < 4.78 is 5.88. The molecule has 0 bridgehead atoms. The summed E-state index contributed by atoms with van der Waals surface area (Å²) in [4.78, 5) is 33.1. The molecule has 6 nitrogen and oxygen atoms in total. The number of fused-ring (bicyclic) bond motifs is 1. The number of aryl methyl sites for hydroxylation is 2. The number of para-hydroxylation sites is 1. The van der Waals surface area contributed by atoms with Gasteiger partial charge in [-0.05, 0) is 31.5 Å². The predicted octanol–water partition coefficient (Wildman–Crippen LogP) is 3.72. The minimum absolute atomic E-state index is 0.154. The summed E-state index contributed by atoms with van der Waals surface area (Å²) in [5.41, 5.74) is 4.91. The van der Waals surface area contributed by atoms with E-state index >= 15 is 0 Å². The molecule has 164 valence electrons. The lowest BCUT2D eigenvalue weighted by Crippen LogP contribution is -2.45. The maximum Gasteiger partial charge on any atom is 0.271 e. The summed E-state index contributed by atoms with van der Waals surface area (Å²) in [6.45, 7) is 7.32. The highest BCUT2D eigenvalue weighted by atomic mass is 32.2. The van der Waals surface area contributed by atoms with Crippen LogP contribution >= 0.6 is 24.0 Å². The van der Waals surface area contributed by atoms with Gasteiger partial charge >= 0.3 is 0 Å².